The highest BCUT2D eigenvalue weighted by atomic mass is 16.2. The average Bonchev–Trinajstić information content (AvgIpc) is 3.04. The quantitative estimate of drug-likeness (QED) is 0.209. The highest BCUT2D eigenvalue weighted by Crippen LogP contribution is 2.25. The largest absolute Gasteiger partial charge is 0.370 e. The fourth-order valence-corrected chi connectivity index (χ4v) is 5.49. The van der Waals surface area contributed by atoms with Gasteiger partial charge >= 0.3 is 0 Å². The lowest BCUT2D eigenvalue weighted by Crippen LogP contribution is -2.49. The van der Waals surface area contributed by atoms with Crippen LogP contribution in [0.2, 0.25) is 0 Å². The Hall–Kier alpha value is -3.13. The Morgan fingerprint density at radius 2 is 1.83 bits per heavy atom. The molecule has 8 nitrogen and oxygen atoms in total. The zero-order chi connectivity index (χ0) is 25.3. The smallest absolute Gasteiger partial charge is 0.251 e. The third kappa shape index (κ3) is 7.20. The molecule has 1 saturated heterocycles. The molecule has 1 aliphatic heterocycles. The van der Waals surface area contributed by atoms with Crippen LogP contribution in [0.4, 0.5) is 0 Å². The molecule has 2 fully saturated rings. The first-order valence-corrected chi connectivity index (χ1v) is 13.4. The molecule has 4 rings (SSSR count). The van der Waals surface area contributed by atoms with Crippen molar-refractivity contribution in [3.8, 4) is 0 Å². The summed E-state index contributed by atoms with van der Waals surface area (Å²) in [4.78, 5) is 28.4. The lowest BCUT2D eigenvalue weighted by atomic mass is 9.89. The average molecular weight is 493 g/mol. The summed E-state index contributed by atoms with van der Waals surface area (Å²) in [5, 5.41) is 18.9. The van der Waals surface area contributed by atoms with E-state index in [0.29, 0.717) is 37.5 Å². The zero-order valence-electron chi connectivity index (χ0n) is 21.1. The van der Waals surface area contributed by atoms with Crippen molar-refractivity contribution < 1.29 is 9.59 Å². The normalized spacial score (nSPS) is 21.2. The van der Waals surface area contributed by atoms with Gasteiger partial charge in [0, 0.05) is 37.8 Å². The molecule has 0 radical (unpaired) electrons. The minimum Gasteiger partial charge on any atom is -0.370 e. The standard InChI is InChI=1S/C28H40N6O2/c29-28(30)31-15-6-11-25-27(36)34(19-20-7-2-1-3-8-20)16-14-24(33-25)18-32-26(35)23-13-12-21-9-4-5-10-22(21)17-23/h4-5,9-10,12-13,17,20,24-25,33H,1-3,6-8,11,14-16,18-19H2,(H,32,35)(H4,29,30,31)/t24-,25-/m0/s1. The molecule has 2 amide bonds. The van der Waals surface area contributed by atoms with E-state index in [1.54, 1.807) is 0 Å². The molecular weight excluding hydrogens is 452 g/mol. The van der Waals surface area contributed by atoms with E-state index in [1.165, 1.54) is 32.1 Å². The molecule has 2 aromatic carbocycles. The van der Waals surface area contributed by atoms with Gasteiger partial charge in [-0.2, -0.15) is 0 Å². The van der Waals surface area contributed by atoms with Crippen LogP contribution < -0.4 is 21.7 Å². The van der Waals surface area contributed by atoms with E-state index in [0.717, 1.165) is 30.2 Å². The van der Waals surface area contributed by atoms with Crippen LogP contribution in [0.25, 0.3) is 10.8 Å². The van der Waals surface area contributed by atoms with Gasteiger partial charge in [-0.05, 0) is 60.9 Å². The number of carbonyl (C=O) groups is 2. The highest BCUT2D eigenvalue weighted by Gasteiger charge is 2.32. The van der Waals surface area contributed by atoms with Crippen molar-refractivity contribution in [2.24, 2.45) is 11.7 Å². The Balaban J connectivity index is 1.37. The summed E-state index contributed by atoms with van der Waals surface area (Å²) in [6.45, 7) is 2.57. The summed E-state index contributed by atoms with van der Waals surface area (Å²) in [6.07, 6.45) is 8.43. The Morgan fingerprint density at radius 3 is 2.61 bits per heavy atom. The predicted octanol–water partition coefficient (Wildman–Crippen LogP) is 2.97. The summed E-state index contributed by atoms with van der Waals surface area (Å²) in [5.74, 6) is 0.599. The number of nitrogens with zero attached hydrogens (tertiary/aromatic N) is 1. The van der Waals surface area contributed by atoms with Gasteiger partial charge in [0.15, 0.2) is 5.96 Å². The molecule has 1 saturated carbocycles. The van der Waals surface area contributed by atoms with Gasteiger partial charge in [-0.15, -0.1) is 0 Å². The van der Waals surface area contributed by atoms with E-state index >= 15 is 0 Å². The van der Waals surface area contributed by atoms with E-state index < -0.39 is 0 Å². The molecule has 0 spiro atoms. The van der Waals surface area contributed by atoms with E-state index in [2.05, 4.69) is 20.9 Å². The second-order valence-corrected chi connectivity index (χ2v) is 10.2. The number of hydrogen-bond acceptors (Lipinski definition) is 4. The summed E-state index contributed by atoms with van der Waals surface area (Å²) in [7, 11) is 0. The maximum absolute atomic E-state index is 13.5. The number of benzene rings is 2. The third-order valence-electron chi connectivity index (χ3n) is 7.50. The number of nitrogens with two attached hydrogens (primary N) is 1. The molecule has 1 aliphatic carbocycles. The fraction of sp³-hybridized carbons (Fsp3) is 0.536. The van der Waals surface area contributed by atoms with Crippen molar-refractivity contribution >= 4 is 28.5 Å². The lowest BCUT2D eigenvalue weighted by Gasteiger charge is -2.30. The number of carbonyl (C=O) groups excluding carboxylic acids is 2. The molecule has 194 valence electrons. The van der Waals surface area contributed by atoms with Crippen molar-refractivity contribution in [2.75, 3.05) is 26.2 Å². The Bertz CT molecular complexity index is 1050. The van der Waals surface area contributed by atoms with Gasteiger partial charge in [0.1, 0.15) is 0 Å². The SMILES string of the molecule is N=C(N)NCCC[C@@H]1N[C@H](CNC(=O)c2ccc3ccccc3c2)CCN(CC2CCCCC2)C1=O. The minimum absolute atomic E-state index is 0.0143. The van der Waals surface area contributed by atoms with Crippen molar-refractivity contribution in [1.82, 2.24) is 20.9 Å². The van der Waals surface area contributed by atoms with Crippen molar-refractivity contribution in [2.45, 2.75) is 63.5 Å². The summed E-state index contributed by atoms with van der Waals surface area (Å²) in [6, 6.07) is 13.5. The van der Waals surface area contributed by atoms with Crippen LogP contribution in [0.5, 0.6) is 0 Å². The van der Waals surface area contributed by atoms with Gasteiger partial charge in [0.2, 0.25) is 5.91 Å². The third-order valence-corrected chi connectivity index (χ3v) is 7.50. The molecule has 2 atom stereocenters. The summed E-state index contributed by atoms with van der Waals surface area (Å²) >= 11 is 0. The van der Waals surface area contributed by atoms with E-state index in [4.69, 9.17) is 11.1 Å². The van der Waals surface area contributed by atoms with Gasteiger partial charge < -0.3 is 26.6 Å². The Kier molecular flexibility index (Phi) is 9.17. The molecule has 2 aromatic rings. The van der Waals surface area contributed by atoms with E-state index in [-0.39, 0.29) is 29.9 Å². The first-order valence-electron chi connectivity index (χ1n) is 13.4. The molecule has 2 aliphatic rings. The molecule has 8 heteroatoms. The fourth-order valence-electron chi connectivity index (χ4n) is 5.49. The molecular formula is C28H40N6O2. The Morgan fingerprint density at radius 1 is 1.06 bits per heavy atom. The number of nitrogens with one attached hydrogen (secondary N) is 4. The van der Waals surface area contributed by atoms with Crippen LogP contribution >= 0.6 is 0 Å². The number of amides is 2. The van der Waals surface area contributed by atoms with Crippen LogP contribution in [0.15, 0.2) is 42.5 Å². The highest BCUT2D eigenvalue weighted by molar-refractivity contribution is 5.98. The van der Waals surface area contributed by atoms with Crippen LogP contribution in [0.3, 0.4) is 0 Å². The lowest BCUT2D eigenvalue weighted by molar-refractivity contribution is -0.133. The second kappa shape index (κ2) is 12.7. The van der Waals surface area contributed by atoms with Crippen LogP contribution in [0.1, 0.15) is 61.7 Å². The number of guanidine groups is 1. The van der Waals surface area contributed by atoms with Gasteiger partial charge in [0.05, 0.1) is 6.04 Å². The van der Waals surface area contributed by atoms with Crippen molar-refractivity contribution in [3.05, 3.63) is 48.0 Å². The topological polar surface area (TPSA) is 123 Å². The monoisotopic (exact) mass is 492 g/mol. The number of hydrogen-bond donors (Lipinski definition) is 5. The van der Waals surface area contributed by atoms with E-state index in [1.807, 2.05) is 42.5 Å². The van der Waals surface area contributed by atoms with Gasteiger partial charge in [-0.1, -0.05) is 49.6 Å². The van der Waals surface area contributed by atoms with Crippen LogP contribution in [-0.4, -0.2) is 60.9 Å². The number of rotatable bonds is 9. The van der Waals surface area contributed by atoms with Gasteiger partial charge in [0.25, 0.3) is 5.91 Å². The van der Waals surface area contributed by atoms with Crippen molar-refractivity contribution in [1.29, 1.82) is 5.41 Å². The Labute approximate surface area is 213 Å². The molecule has 36 heavy (non-hydrogen) atoms. The summed E-state index contributed by atoms with van der Waals surface area (Å²) < 4.78 is 0. The first-order chi connectivity index (χ1) is 17.5. The molecule has 0 bridgehead atoms. The summed E-state index contributed by atoms with van der Waals surface area (Å²) in [5.41, 5.74) is 6.04. The molecule has 6 N–H and O–H groups in total. The minimum atomic E-state index is -0.299. The molecule has 0 unspecified atom stereocenters. The van der Waals surface area contributed by atoms with Crippen molar-refractivity contribution in [3.63, 3.8) is 0 Å². The second-order valence-electron chi connectivity index (χ2n) is 10.2. The zero-order valence-corrected chi connectivity index (χ0v) is 21.1. The van der Waals surface area contributed by atoms with Gasteiger partial charge in [-0.3, -0.25) is 15.0 Å². The first kappa shape index (κ1) is 25.9. The maximum atomic E-state index is 13.5. The molecule has 0 aromatic heterocycles. The van der Waals surface area contributed by atoms with E-state index in [9.17, 15) is 9.59 Å². The maximum Gasteiger partial charge on any atom is 0.251 e. The molecule has 1 heterocycles. The number of fused-ring (bicyclic) bond motifs is 1. The van der Waals surface area contributed by atoms with Gasteiger partial charge in [-0.25, -0.2) is 0 Å². The van der Waals surface area contributed by atoms with Crippen LogP contribution in [0, 0.1) is 11.3 Å². The predicted molar refractivity (Wildman–Crippen MR) is 144 cm³/mol. The van der Waals surface area contributed by atoms with Crippen LogP contribution in [-0.2, 0) is 4.79 Å².